The molecule has 0 aromatic heterocycles. The fourth-order valence-corrected chi connectivity index (χ4v) is 0.876. The smallest absolute Gasteiger partial charge is 0.187 e. The lowest BCUT2D eigenvalue weighted by atomic mass is 10.2. The second kappa shape index (κ2) is 4.34. The molecule has 0 amide bonds. The summed E-state index contributed by atoms with van der Waals surface area (Å²) in [6.07, 6.45) is 4.69. The van der Waals surface area contributed by atoms with Gasteiger partial charge in [-0.25, -0.2) is 0 Å². The van der Waals surface area contributed by atoms with Crippen molar-refractivity contribution in [2.45, 2.75) is 6.92 Å². The Morgan fingerprint density at radius 2 is 1.92 bits per heavy atom. The van der Waals surface area contributed by atoms with Crippen molar-refractivity contribution in [3.8, 4) is 0 Å². The number of hydrogen-bond acceptors (Lipinski definition) is 1. The number of hydroxylamine groups is 1. The number of benzene rings is 1. The molecule has 1 rings (SSSR count). The number of hydrogen-bond donors (Lipinski definition) is 0. The molecule has 0 N–H and O–H groups in total. The molecular weight excluding hydrogens is 150 g/mol. The van der Waals surface area contributed by atoms with Crippen LogP contribution in [0.1, 0.15) is 12.5 Å². The quantitative estimate of drug-likeness (QED) is 0.282. The summed E-state index contributed by atoms with van der Waals surface area (Å²) in [5.41, 5.74) is 0.908. The van der Waals surface area contributed by atoms with Crippen molar-refractivity contribution in [2.75, 3.05) is 0 Å². The molecule has 0 atom stereocenters. The topological polar surface area (TPSA) is 26.1 Å². The lowest BCUT2D eigenvalue weighted by molar-refractivity contribution is -0.372. The maximum absolute atomic E-state index is 11.0. The largest absolute Gasteiger partial charge is 0.619 e. The zero-order valence-corrected chi connectivity index (χ0v) is 6.97. The van der Waals surface area contributed by atoms with Crippen molar-refractivity contribution in [1.82, 2.24) is 0 Å². The van der Waals surface area contributed by atoms with E-state index in [0.717, 1.165) is 10.3 Å². The molecule has 2 nitrogen and oxygen atoms in total. The summed E-state index contributed by atoms with van der Waals surface area (Å²) in [6.45, 7) is 1.81. The van der Waals surface area contributed by atoms with Crippen LogP contribution in [0.2, 0.25) is 0 Å². The normalized spacial score (nSPS) is 12.2. The summed E-state index contributed by atoms with van der Waals surface area (Å²) in [5.74, 6) is 0. The third kappa shape index (κ3) is 2.58. The van der Waals surface area contributed by atoms with Gasteiger partial charge < -0.3 is 5.21 Å². The van der Waals surface area contributed by atoms with Crippen LogP contribution in [0.25, 0.3) is 0 Å². The number of nitrogens with zero attached hydrogens (tertiary/aromatic N) is 1. The third-order valence-corrected chi connectivity index (χ3v) is 1.37. The highest BCUT2D eigenvalue weighted by molar-refractivity contribution is 5.75. The molecule has 0 aliphatic rings. The Balaban J connectivity index is 2.81. The Kier molecular flexibility index (Phi) is 3.08. The van der Waals surface area contributed by atoms with Crippen LogP contribution in [0.4, 0.5) is 0 Å². The maximum atomic E-state index is 11.0. The summed E-state index contributed by atoms with van der Waals surface area (Å²) in [7, 11) is 0. The number of rotatable bonds is 2. The van der Waals surface area contributed by atoms with E-state index >= 15 is 0 Å². The van der Waals surface area contributed by atoms with Gasteiger partial charge in [0.1, 0.15) is 0 Å². The molecule has 0 aliphatic carbocycles. The van der Waals surface area contributed by atoms with Gasteiger partial charge >= 0.3 is 0 Å². The molecule has 0 spiro atoms. The van der Waals surface area contributed by atoms with Gasteiger partial charge in [0.05, 0.1) is 0 Å². The standard InChI is InChI=1S/C10H11NO/c1-2-8-11(12)9-10-6-4-3-5-7-10/h2-9H,1H3/b8-2+,11-9-. The van der Waals surface area contributed by atoms with Crippen LogP contribution in [-0.2, 0) is 0 Å². The minimum atomic E-state index is 0.787. The van der Waals surface area contributed by atoms with Gasteiger partial charge in [-0.05, 0) is 25.1 Å². The van der Waals surface area contributed by atoms with E-state index in [0.29, 0.717) is 0 Å². The van der Waals surface area contributed by atoms with Gasteiger partial charge in [0.2, 0.25) is 0 Å². The van der Waals surface area contributed by atoms with Gasteiger partial charge in [-0.3, -0.25) is 0 Å². The summed E-state index contributed by atoms with van der Waals surface area (Å²) in [4.78, 5) is 0. The van der Waals surface area contributed by atoms with Crippen LogP contribution in [0, 0.1) is 5.21 Å². The zero-order valence-electron chi connectivity index (χ0n) is 6.97. The molecule has 0 saturated heterocycles. The second-order valence-electron chi connectivity index (χ2n) is 2.38. The Labute approximate surface area is 72.1 Å². The van der Waals surface area contributed by atoms with Crippen LogP contribution >= 0.6 is 0 Å². The van der Waals surface area contributed by atoms with Crippen molar-refractivity contribution in [2.24, 2.45) is 0 Å². The predicted octanol–water partition coefficient (Wildman–Crippen LogP) is 2.15. The summed E-state index contributed by atoms with van der Waals surface area (Å²) in [6, 6.07) is 9.48. The average Bonchev–Trinajstić information content (AvgIpc) is 2.06. The fourth-order valence-electron chi connectivity index (χ4n) is 0.876. The molecule has 0 unspecified atom stereocenters. The van der Waals surface area contributed by atoms with Crippen molar-refractivity contribution in [3.63, 3.8) is 0 Å². The zero-order chi connectivity index (χ0) is 8.81. The van der Waals surface area contributed by atoms with E-state index in [9.17, 15) is 5.21 Å². The molecular formula is C10H11NO. The molecule has 0 heterocycles. The van der Waals surface area contributed by atoms with E-state index in [-0.39, 0.29) is 0 Å². The number of allylic oxidation sites excluding steroid dienone is 1. The van der Waals surface area contributed by atoms with E-state index in [1.807, 2.05) is 37.3 Å². The van der Waals surface area contributed by atoms with Gasteiger partial charge in [0.25, 0.3) is 0 Å². The molecule has 0 saturated carbocycles. The van der Waals surface area contributed by atoms with E-state index < -0.39 is 0 Å². The lowest BCUT2D eigenvalue weighted by Gasteiger charge is -1.95. The molecule has 0 fully saturated rings. The van der Waals surface area contributed by atoms with E-state index in [4.69, 9.17) is 0 Å². The average molecular weight is 161 g/mol. The monoisotopic (exact) mass is 161 g/mol. The minimum absolute atomic E-state index is 0.787. The van der Waals surface area contributed by atoms with Crippen molar-refractivity contribution in [1.29, 1.82) is 0 Å². The van der Waals surface area contributed by atoms with Gasteiger partial charge in [0, 0.05) is 5.56 Å². The van der Waals surface area contributed by atoms with E-state index in [2.05, 4.69) is 0 Å². The fraction of sp³-hybridized carbons (Fsp3) is 0.100. The highest BCUT2D eigenvalue weighted by Crippen LogP contribution is 1.93. The SMILES string of the molecule is C/C=C/[N+]([O-])=C/c1ccccc1. The Morgan fingerprint density at radius 1 is 1.25 bits per heavy atom. The Bertz CT molecular complexity index is 288. The Morgan fingerprint density at radius 3 is 2.50 bits per heavy atom. The van der Waals surface area contributed by atoms with Gasteiger partial charge in [-0.2, -0.15) is 4.74 Å². The molecule has 1 aromatic carbocycles. The van der Waals surface area contributed by atoms with Gasteiger partial charge in [0.15, 0.2) is 12.4 Å². The predicted molar refractivity (Wildman–Crippen MR) is 50.0 cm³/mol. The van der Waals surface area contributed by atoms with E-state index in [1.165, 1.54) is 12.4 Å². The van der Waals surface area contributed by atoms with Crippen LogP contribution < -0.4 is 0 Å². The summed E-state index contributed by atoms with van der Waals surface area (Å²) >= 11 is 0. The van der Waals surface area contributed by atoms with Crippen molar-refractivity contribution < 1.29 is 4.74 Å². The van der Waals surface area contributed by atoms with E-state index in [1.54, 1.807) is 6.08 Å². The Hall–Kier alpha value is -1.57. The van der Waals surface area contributed by atoms with Crippen LogP contribution in [-0.4, -0.2) is 11.0 Å². The summed E-state index contributed by atoms with van der Waals surface area (Å²) in [5, 5.41) is 11.0. The first-order chi connectivity index (χ1) is 5.83. The molecule has 62 valence electrons. The minimum Gasteiger partial charge on any atom is -0.619 e. The van der Waals surface area contributed by atoms with Crippen LogP contribution in [0.3, 0.4) is 0 Å². The highest BCUT2D eigenvalue weighted by atomic mass is 16.5. The maximum Gasteiger partial charge on any atom is 0.187 e. The molecule has 0 radical (unpaired) electrons. The molecule has 0 aliphatic heterocycles. The third-order valence-electron chi connectivity index (χ3n) is 1.37. The molecule has 0 bridgehead atoms. The molecule has 2 heteroatoms. The van der Waals surface area contributed by atoms with Crippen molar-refractivity contribution in [3.05, 3.63) is 53.4 Å². The van der Waals surface area contributed by atoms with Gasteiger partial charge in [-0.15, -0.1) is 0 Å². The van der Waals surface area contributed by atoms with Crippen LogP contribution in [0.5, 0.6) is 0 Å². The second-order valence-corrected chi connectivity index (χ2v) is 2.38. The highest BCUT2D eigenvalue weighted by Gasteiger charge is 1.88. The first kappa shape index (κ1) is 8.53. The van der Waals surface area contributed by atoms with Gasteiger partial charge in [-0.1, -0.05) is 18.2 Å². The van der Waals surface area contributed by atoms with Crippen molar-refractivity contribution >= 4 is 6.21 Å². The van der Waals surface area contributed by atoms with Crippen LogP contribution in [0.15, 0.2) is 42.6 Å². The molecule has 1 aromatic rings. The first-order valence-corrected chi connectivity index (χ1v) is 3.81. The molecule has 12 heavy (non-hydrogen) atoms. The summed E-state index contributed by atoms with van der Waals surface area (Å²) < 4.78 is 0.787. The lowest BCUT2D eigenvalue weighted by Crippen LogP contribution is -1.95. The first-order valence-electron chi connectivity index (χ1n) is 3.81.